The van der Waals surface area contributed by atoms with Crippen molar-refractivity contribution in [1.29, 1.82) is 5.26 Å². The zero-order valence-corrected chi connectivity index (χ0v) is 9.64. The van der Waals surface area contributed by atoms with Crippen LogP contribution in [0.4, 0.5) is 10.1 Å². The Balaban J connectivity index is 2.93. The van der Waals surface area contributed by atoms with Gasteiger partial charge >= 0.3 is 5.97 Å². The van der Waals surface area contributed by atoms with E-state index < -0.39 is 17.7 Å². The fourth-order valence-corrected chi connectivity index (χ4v) is 1.52. The lowest BCUT2D eigenvalue weighted by Gasteiger charge is -2.22. The molecular formula is C12H13FN2O2. The number of aliphatic carboxylic acids is 1. The highest BCUT2D eigenvalue weighted by Gasteiger charge is 2.16. The third-order valence-corrected chi connectivity index (χ3v) is 2.46. The first-order valence-electron chi connectivity index (χ1n) is 5.09. The average molecular weight is 236 g/mol. The molecule has 1 rings (SSSR count). The summed E-state index contributed by atoms with van der Waals surface area (Å²) in [5, 5.41) is 17.7. The number of halogens is 1. The Bertz CT molecular complexity index is 468. The van der Waals surface area contributed by atoms with Crippen molar-refractivity contribution in [2.45, 2.75) is 6.92 Å². The van der Waals surface area contributed by atoms with Crippen LogP contribution in [-0.4, -0.2) is 24.7 Å². The van der Waals surface area contributed by atoms with E-state index in [-0.39, 0.29) is 12.1 Å². The van der Waals surface area contributed by atoms with Crippen LogP contribution in [0.2, 0.25) is 0 Å². The van der Waals surface area contributed by atoms with Gasteiger partial charge in [0.05, 0.1) is 17.2 Å². The highest BCUT2D eigenvalue weighted by molar-refractivity contribution is 5.71. The first-order chi connectivity index (χ1) is 7.95. The van der Waals surface area contributed by atoms with Crippen LogP contribution in [0, 0.1) is 23.1 Å². The topological polar surface area (TPSA) is 64.3 Å². The minimum atomic E-state index is -0.905. The van der Waals surface area contributed by atoms with Gasteiger partial charge in [-0.1, -0.05) is 6.92 Å². The van der Waals surface area contributed by atoms with Crippen LogP contribution in [0.25, 0.3) is 0 Å². The van der Waals surface area contributed by atoms with Gasteiger partial charge in [0.1, 0.15) is 11.9 Å². The molecule has 0 fully saturated rings. The second kappa shape index (κ2) is 5.30. The van der Waals surface area contributed by atoms with Gasteiger partial charge in [-0.3, -0.25) is 4.79 Å². The summed E-state index contributed by atoms with van der Waals surface area (Å²) in [7, 11) is 1.67. The molecule has 1 aromatic carbocycles. The van der Waals surface area contributed by atoms with Gasteiger partial charge < -0.3 is 10.0 Å². The monoisotopic (exact) mass is 236 g/mol. The van der Waals surface area contributed by atoms with E-state index in [1.165, 1.54) is 12.1 Å². The van der Waals surface area contributed by atoms with Gasteiger partial charge in [0.25, 0.3) is 0 Å². The molecule has 17 heavy (non-hydrogen) atoms. The van der Waals surface area contributed by atoms with Gasteiger partial charge in [0, 0.05) is 13.6 Å². The number of nitriles is 1. The first kappa shape index (κ1) is 13.0. The van der Waals surface area contributed by atoms with Crippen molar-refractivity contribution in [3.05, 3.63) is 29.6 Å². The second-order valence-corrected chi connectivity index (χ2v) is 3.89. The summed E-state index contributed by atoms with van der Waals surface area (Å²) in [5.41, 5.74) is 0.729. The summed E-state index contributed by atoms with van der Waals surface area (Å²) in [5.74, 6) is -1.95. The Morgan fingerprint density at radius 1 is 1.65 bits per heavy atom. The summed E-state index contributed by atoms with van der Waals surface area (Å²) < 4.78 is 12.9. The van der Waals surface area contributed by atoms with Crippen LogP contribution in [0.15, 0.2) is 18.2 Å². The van der Waals surface area contributed by atoms with E-state index in [9.17, 15) is 9.18 Å². The van der Waals surface area contributed by atoms with Crippen LogP contribution in [-0.2, 0) is 4.79 Å². The third-order valence-electron chi connectivity index (χ3n) is 2.46. The summed E-state index contributed by atoms with van der Waals surface area (Å²) in [4.78, 5) is 12.4. The molecule has 0 bridgehead atoms. The first-order valence-corrected chi connectivity index (χ1v) is 5.09. The van der Waals surface area contributed by atoms with Crippen molar-refractivity contribution in [3.63, 3.8) is 0 Å². The van der Waals surface area contributed by atoms with Gasteiger partial charge in [-0.2, -0.15) is 5.26 Å². The molecule has 0 amide bonds. The molecule has 1 N–H and O–H groups in total. The Hall–Kier alpha value is -2.09. The van der Waals surface area contributed by atoms with E-state index in [0.717, 1.165) is 6.07 Å². The largest absolute Gasteiger partial charge is 0.481 e. The van der Waals surface area contributed by atoms with Crippen molar-refractivity contribution in [2.24, 2.45) is 5.92 Å². The lowest BCUT2D eigenvalue weighted by atomic mass is 10.1. The highest BCUT2D eigenvalue weighted by Crippen LogP contribution is 2.20. The zero-order valence-electron chi connectivity index (χ0n) is 9.64. The molecule has 1 atom stereocenters. The van der Waals surface area contributed by atoms with Gasteiger partial charge in [-0.25, -0.2) is 4.39 Å². The molecule has 5 heteroatoms. The number of carboxylic acids is 1. The van der Waals surface area contributed by atoms with Crippen LogP contribution in [0.1, 0.15) is 12.5 Å². The van der Waals surface area contributed by atoms with E-state index in [1.807, 2.05) is 6.07 Å². The molecule has 0 unspecified atom stereocenters. The maximum Gasteiger partial charge on any atom is 0.308 e. The van der Waals surface area contributed by atoms with Crippen molar-refractivity contribution in [2.75, 3.05) is 18.5 Å². The standard InChI is InChI=1S/C12H13FN2O2/c1-8(12(16)17)7-15(2)11-4-3-10(13)5-9(11)6-14/h3-5,8H,7H2,1-2H3,(H,16,17)/t8-/m0/s1. The summed E-state index contributed by atoms with van der Waals surface area (Å²) in [6.07, 6.45) is 0. The normalized spacial score (nSPS) is 11.6. The molecule has 0 saturated carbocycles. The number of carbonyl (C=O) groups is 1. The minimum absolute atomic E-state index is 0.199. The second-order valence-electron chi connectivity index (χ2n) is 3.89. The lowest BCUT2D eigenvalue weighted by molar-refractivity contribution is -0.140. The quantitative estimate of drug-likeness (QED) is 0.866. The van der Waals surface area contributed by atoms with E-state index in [4.69, 9.17) is 10.4 Å². The smallest absolute Gasteiger partial charge is 0.308 e. The van der Waals surface area contributed by atoms with Crippen LogP contribution < -0.4 is 4.90 Å². The van der Waals surface area contributed by atoms with Crippen molar-refractivity contribution in [1.82, 2.24) is 0 Å². The number of nitrogens with zero attached hydrogens (tertiary/aromatic N) is 2. The lowest BCUT2D eigenvalue weighted by Crippen LogP contribution is -2.28. The Morgan fingerprint density at radius 3 is 2.82 bits per heavy atom. The number of carboxylic acid groups (broad SMARTS) is 1. The molecule has 0 aliphatic rings. The van der Waals surface area contributed by atoms with Gasteiger partial charge in [-0.05, 0) is 18.2 Å². The molecule has 0 radical (unpaired) electrons. The Kier molecular flexibility index (Phi) is 4.05. The minimum Gasteiger partial charge on any atom is -0.481 e. The van der Waals surface area contributed by atoms with Crippen molar-refractivity contribution < 1.29 is 14.3 Å². The third kappa shape index (κ3) is 3.18. The molecule has 1 aromatic rings. The predicted octanol–water partition coefficient (Wildman–Crippen LogP) is 1.85. The number of rotatable bonds is 4. The predicted molar refractivity (Wildman–Crippen MR) is 61.2 cm³/mol. The van der Waals surface area contributed by atoms with Gasteiger partial charge in [0.2, 0.25) is 0 Å². The highest BCUT2D eigenvalue weighted by atomic mass is 19.1. The van der Waals surface area contributed by atoms with E-state index in [0.29, 0.717) is 5.69 Å². The summed E-state index contributed by atoms with van der Waals surface area (Å²) >= 11 is 0. The summed E-state index contributed by atoms with van der Waals surface area (Å²) in [6.45, 7) is 1.84. The molecule has 0 spiro atoms. The SMILES string of the molecule is C[C@@H](CN(C)c1ccc(F)cc1C#N)C(=O)O. The molecule has 0 aromatic heterocycles. The van der Waals surface area contributed by atoms with Crippen molar-refractivity contribution >= 4 is 11.7 Å². The maximum absolute atomic E-state index is 12.9. The zero-order chi connectivity index (χ0) is 13.0. The van der Waals surface area contributed by atoms with Gasteiger partial charge in [-0.15, -0.1) is 0 Å². The van der Waals surface area contributed by atoms with E-state index >= 15 is 0 Å². The molecule has 4 nitrogen and oxygen atoms in total. The van der Waals surface area contributed by atoms with Crippen LogP contribution in [0.3, 0.4) is 0 Å². The number of anilines is 1. The van der Waals surface area contributed by atoms with Gasteiger partial charge in [0.15, 0.2) is 0 Å². The van der Waals surface area contributed by atoms with Crippen molar-refractivity contribution in [3.8, 4) is 6.07 Å². The van der Waals surface area contributed by atoms with Crippen LogP contribution >= 0.6 is 0 Å². The average Bonchev–Trinajstić information content (AvgIpc) is 2.28. The van der Waals surface area contributed by atoms with Crippen LogP contribution in [0.5, 0.6) is 0 Å². The molecule has 0 aliphatic carbocycles. The van der Waals surface area contributed by atoms with E-state index in [2.05, 4.69) is 0 Å². The molecule has 0 saturated heterocycles. The molecule has 0 aliphatic heterocycles. The number of hydrogen-bond acceptors (Lipinski definition) is 3. The number of benzene rings is 1. The number of hydrogen-bond donors (Lipinski definition) is 1. The fraction of sp³-hybridized carbons (Fsp3) is 0.333. The molecule has 0 heterocycles. The van der Waals surface area contributed by atoms with E-state index in [1.54, 1.807) is 18.9 Å². The summed E-state index contributed by atoms with van der Waals surface area (Å²) in [6, 6.07) is 5.75. The Labute approximate surface area is 98.9 Å². The fourth-order valence-electron chi connectivity index (χ4n) is 1.52. The molecular weight excluding hydrogens is 223 g/mol. The maximum atomic E-state index is 12.9. The molecule has 90 valence electrons. The Morgan fingerprint density at radius 2 is 2.29 bits per heavy atom.